The van der Waals surface area contributed by atoms with Crippen molar-refractivity contribution in [3.05, 3.63) is 63.7 Å². The Bertz CT molecular complexity index is 1220. The van der Waals surface area contributed by atoms with Gasteiger partial charge in [0.25, 0.3) is 5.69 Å². The fourth-order valence-corrected chi connectivity index (χ4v) is 4.42. The van der Waals surface area contributed by atoms with E-state index in [1.807, 2.05) is 6.92 Å². The number of non-ortho nitro benzene ring substituents is 1. The van der Waals surface area contributed by atoms with Gasteiger partial charge in [0.15, 0.2) is 0 Å². The molecule has 196 valence electrons. The van der Waals surface area contributed by atoms with Crippen LogP contribution in [0, 0.1) is 17.0 Å². The van der Waals surface area contributed by atoms with Gasteiger partial charge in [0.1, 0.15) is 18.3 Å². The number of hydrogen-bond donors (Lipinski definition) is 1. The Morgan fingerprint density at radius 1 is 1.19 bits per heavy atom. The normalized spacial score (nSPS) is 11.9. The maximum atomic E-state index is 13.6. The molecule has 2 aromatic rings. The number of nitro groups is 1. The third-order valence-electron chi connectivity index (χ3n) is 5.56. The van der Waals surface area contributed by atoms with E-state index in [0.29, 0.717) is 29.8 Å². The molecule has 0 heterocycles. The van der Waals surface area contributed by atoms with Gasteiger partial charge in [-0.2, -0.15) is 0 Å². The number of ether oxygens (including phenoxy) is 1. The van der Waals surface area contributed by atoms with Gasteiger partial charge >= 0.3 is 0 Å². The number of rotatable bonds is 12. The predicted octanol–water partition coefficient (Wildman–Crippen LogP) is 2.62. The second-order valence-corrected chi connectivity index (χ2v) is 10.2. The Morgan fingerprint density at radius 3 is 2.47 bits per heavy atom. The average Bonchev–Trinajstić information content (AvgIpc) is 2.83. The number of aryl methyl sites for hydroxylation is 1. The third-order valence-corrected chi connectivity index (χ3v) is 6.68. The standard InChI is InChI=1S/C24H32N4O7S/c1-6-12-25-24(30)18(3)26(15-19-8-7-9-21(13-19)35-4)23(29)16-27(36(5,33)34)22-14-20(28(31)32)11-10-17(22)2/h7-11,13-14,18H,6,12,15-16H2,1-5H3,(H,25,30). The minimum absolute atomic E-state index is 0.0161. The van der Waals surface area contributed by atoms with Crippen LogP contribution in [0.1, 0.15) is 31.4 Å². The summed E-state index contributed by atoms with van der Waals surface area (Å²) in [5.74, 6) is -0.466. The molecule has 0 aliphatic rings. The first-order chi connectivity index (χ1) is 16.9. The molecule has 11 nitrogen and oxygen atoms in total. The monoisotopic (exact) mass is 520 g/mol. The molecule has 0 saturated heterocycles. The molecule has 1 atom stereocenters. The van der Waals surface area contributed by atoms with Crippen LogP contribution in [0.4, 0.5) is 11.4 Å². The van der Waals surface area contributed by atoms with Crippen molar-refractivity contribution in [3.63, 3.8) is 0 Å². The number of benzene rings is 2. The predicted molar refractivity (Wildman–Crippen MR) is 136 cm³/mol. The van der Waals surface area contributed by atoms with E-state index in [2.05, 4.69) is 5.32 Å². The lowest BCUT2D eigenvalue weighted by atomic mass is 10.1. The maximum absolute atomic E-state index is 13.6. The Labute approximate surface area is 211 Å². The Morgan fingerprint density at radius 2 is 1.89 bits per heavy atom. The van der Waals surface area contributed by atoms with Crippen molar-refractivity contribution in [2.45, 2.75) is 39.8 Å². The Balaban J connectivity index is 2.48. The van der Waals surface area contributed by atoms with Crippen LogP contribution in [-0.2, 0) is 26.2 Å². The highest BCUT2D eigenvalue weighted by Gasteiger charge is 2.31. The van der Waals surface area contributed by atoms with Crippen LogP contribution < -0.4 is 14.4 Å². The number of nitrogens with zero attached hydrogens (tertiary/aromatic N) is 3. The van der Waals surface area contributed by atoms with Crippen LogP contribution in [0.3, 0.4) is 0 Å². The fourth-order valence-electron chi connectivity index (χ4n) is 3.52. The molecule has 1 unspecified atom stereocenters. The molecule has 0 aliphatic carbocycles. The summed E-state index contributed by atoms with van der Waals surface area (Å²) in [7, 11) is -2.50. The quantitative estimate of drug-likeness (QED) is 0.335. The summed E-state index contributed by atoms with van der Waals surface area (Å²) in [6.07, 6.45) is 1.62. The smallest absolute Gasteiger partial charge is 0.271 e. The van der Waals surface area contributed by atoms with E-state index >= 15 is 0 Å². The van der Waals surface area contributed by atoms with Crippen molar-refractivity contribution in [1.29, 1.82) is 0 Å². The first kappa shape index (κ1) is 28.6. The summed E-state index contributed by atoms with van der Waals surface area (Å²) < 4.78 is 31.5. The first-order valence-corrected chi connectivity index (χ1v) is 13.2. The van der Waals surface area contributed by atoms with Crippen LogP contribution in [0.25, 0.3) is 0 Å². The number of methoxy groups -OCH3 is 1. The lowest BCUT2D eigenvalue weighted by Gasteiger charge is -2.32. The number of anilines is 1. The van der Waals surface area contributed by atoms with Crippen LogP contribution in [0.2, 0.25) is 0 Å². The van der Waals surface area contributed by atoms with E-state index in [1.54, 1.807) is 38.1 Å². The van der Waals surface area contributed by atoms with Gasteiger partial charge in [-0.1, -0.05) is 25.1 Å². The van der Waals surface area contributed by atoms with E-state index in [1.165, 1.54) is 24.1 Å². The van der Waals surface area contributed by atoms with Crippen molar-refractivity contribution in [1.82, 2.24) is 10.2 Å². The SMILES string of the molecule is CCCNC(=O)C(C)N(Cc1cccc(OC)c1)C(=O)CN(c1cc([N+](=O)[O-])ccc1C)S(C)(=O)=O. The molecule has 1 N–H and O–H groups in total. The number of nitrogens with one attached hydrogen (secondary N) is 1. The number of amides is 2. The van der Waals surface area contributed by atoms with Gasteiger partial charge in [0.05, 0.1) is 24.0 Å². The Hall–Kier alpha value is -3.67. The second-order valence-electron chi connectivity index (χ2n) is 8.34. The summed E-state index contributed by atoms with van der Waals surface area (Å²) in [5, 5.41) is 14.0. The molecule has 2 amide bonds. The highest BCUT2D eigenvalue weighted by Crippen LogP contribution is 2.28. The highest BCUT2D eigenvalue weighted by molar-refractivity contribution is 7.92. The van der Waals surface area contributed by atoms with Crippen LogP contribution in [-0.4, -0.2) is 62.6 Å². The molecule has 2 rings (SSSR count). The van der Waals surface area contributed by atoms with E-state index in [9.17, 15) is 28.1 Å². The lowest BCUT2D eigenvalue weighted by Crippen LogP contribution is -2.51. The van der Waals surface area contributed by atoms with Crippen molar-refractivity contribution in [2.75, 3.05) is 30.8 Å². The maximum Gasteiger partial charge on any atom is 0.271 e. The van der Waals surface area contributed by atoms with Crippen molar-refractivity contribution < 1.29 is 27.7 Å². The molecule has 0 saturated carbocycles. The van der Waals surface area contributed by atoms with Gasteiger partial charge < -0.3 is 15.0 Å². The molecular weight excluding hydrogens is 488 g/mol. The largest absolute Gasteiger partial charge is 0.497 e. The minimum Gasteiger partial charge on any atom is -0.497 e. The van der Waals surface area contributed by atoms with Gasteiger partial charge in [0.2, 0.25) is 21.8 Å². The number of hydrogen-bond acceptors (Lipinski definition) is 7. The van der Waals surface area contributed by atoms with Crippen molar-refractivity contribution in [2.24, 2.45) is 0 Å². The van der Waals surface area contributed by atoms with Gasteiger partial charge in [-0.25, -0.2) is 8.42 Å². The number of carbonyl (C=O) groups is 2. The van der Waals surface area contributed by atoms with E-state index < -0.39 is 33.4 Å². The molecule has 0 fully saturated rings. The summed E-state index contributed by atoms with van der Waals surface area (Å²) >= 11 is 0. The fraction of sp³-hybridized carbons (Fsp3) is 0.417. The summed E-state index contributed by atoms with van der Waals surface area (Å²) in [4.78, 5) is 38.2. The zero-order valence-electron chi connectivity index (χ0n) is 21.1. The highest BCUT2D eigenvalue weighted by atomic mass is 32.2. The summed E-state index contributed by atoms with van der Waals surface area (Å²) in [6, 6.07) is 9.85. The molecular formula is C24H32N4O7S. The van der Waals surface area contributed by atoms with Crippen LogP contribution >= 0.6 is 0 Å². The molecule has 0 spiro atoms. The first-order valence-electron chi connectivity index (χ1n) is 11.3. The van der Waals surface area contributed by atoms with Crippen LogP contribution in [0.15, 0.2) is 42.5 Å². The Kier molecular flexibility index (Phi) is 9.79. The lowest BCUT2D eigenvalue weighted by molar-refractivity contribution is -0.384. The van der Waals surface area contributed by atoms with E-state index in [0.717, 1.165) is 16.6 Å². The molecule has 12 heteroatoms. The van der Waals surface area contributed by atoms with Gasteiger partial charge in [-0.3, -0.25) is 24.0 Å². The molecule has 36 heavy (non-hydrogen) atoms. The summed E-state index contributed by atoms with van der Waals surface area (Å²) in [5.41, 5.74) is 0.823. The van der Waals surface area contributed by atoms with Crippen LogP contribution in [0.5, 0.6) is 5.75 Å². The average molecular weight is 521 g/mol. The zero-order chi connectivity index (χ0) is 27.0. The molecule has 0 aromatic heterocycles. The van der Waals surface area contributed by atoms with E-state index in [4.69, 9.17) is 4.74 Å². The molecule has 0 aliphatic heterocycles. The summed E-state index contributed by atoms with van der Waals surface area (Å²) in [6.45, 7) is 4.85. The molecule has 0 bridgehead atoms. The van der Waals surface area contributed by atoms with E-state index in [-0.39, 0.29) is 23.8 Å². The molecule has 0 radical (unpaired) electrons. The minimum atomic E-state index is -4.01. The number of nitro benzene ring substituents is 1. The molecule has 2 aromatic carbocycles. The third kappa shape index (κ3) is 7.41. The second kappa shape index (κ2) is 12.3. The van der Waals surface area contributed by atoms with Crippen molar-refractivity contribution >= 4 is 33.2 Å². The topological polar surface area (TPSA) is 139 Å². The van der Waals surface area contributed by atoms with Gasteiger partial charge in [-0.15, -0.1) is 0 Å². The number of sulfonamides is 1. The van der Waals surface area contributed by atoms with Crippen molar-refractivity contribution in [3.8, 4) is 5.75 Å². The number of carbonyl (C=O) groups excluding carboxylic acids is 2. The zero-order valence-corrected chi connectivity index (χ0v) is 21.9. The van der Waals surface area contributed by atoms with Gasteiger partial charge in [-0.05, 0) is 43.5 Å². The van der Waals surface area contributed by atoms with Gasteiger partial charge in [0, 0.05) is 25.2 Å².